The van der Waals surface area contributed by atoms with E-state index in [1.54, 1.807) is 0 Å². The second-order valence-electron chi connectivity index (χ2n) is 7.21. The lowest BCUT2D eigenvalue weighted by atomic mass is 9.82. The lowest BCUT2D eigenvalue weighted by molar-refractivity contribution is 0.331. The number of rotatable bonds is 7. The maximum Gasteiger partial charge on any atom is 0.0230 e. The number of allylic oxidation sites excluding steroid dienone is 4. The van der Waals surface area contributed by atoms with Crippen molar-refractivity contribution in [1.29, 1.82) is 0 Å². The lowest BCUT2D eigenvalue weighted by Gasteiger charge is -2.25. The first-order valence-electron chi connectivity index (χ1n) is 10.1. The highest BCUT2D eigenvalue weighted by Crippen LogP contribution is 2.36. The molecule has 3 rings (SSSR count). The van der Waals surface area contributed by atoms with Gasteiger partial charge < -0.3 is 0 Å². The van der Waals surface area contributed by atoms with Crippen molar-refractivity contribution in [2.75, 3.05) is 19.6 Å². The molecule has 1 heteroatoms. The zero-order valence-electron chi connectivity index (χ0n) is 16.9. The Hall–Kier alpha value is -2.38. The Morgan fingerprint density at radius 1 is 0.889 bits per heavy atom. The van der Waals surface area contributed by atoms with Crippen LogP contribution in [0.4, 0.5) is 0 Å². The minimum absolute atomic E-state index is 0.424. The molecule has 0 bridgehead atoms. The van der Waals surface area contributed by atoms with Crippen LogP contribution in [0.2, 0.25) is 0 Å². The van der Waals surface area contributed by atoms with Gasteiger partial charge in [0.2, 0.25) is 0 Å². The van der Waals surface area contributed by atoms with Crippen LogP contribution >= 0.6 is 0 Å². The highest BCUT2D eigenvalue weighted by molar-refractivity contribution is 5.91. The van der Waals surface area contributed by atoms with E-state index in [9.17, 15) is 0 Å². The standard InChI is InChI=1S/C26H31N/c1-4-27(5-2)20-22-16-18-25(19-17-22)26(24-14-10-7-11-15-24)21(3)23-12-8-6-9-13-23/h6-18,25H,4-5,19-20H2,1-3H3/b26-21-. The average Bonchev–Trinajstić information content (AvgIpc) is 2.74. The van der Waals surface area contributed by atoms with Crippen molar-refractivity contribution in [3.05, 3.63) is 95.6 Å². The Labute approximate surface area is 164 Å². The van der Waals surface area contributed by atoms with E-state index < -0.39 is 0 Å². The summed E-state index contributed by atoms with van der Waals surface area (Å²) in [6.45, 7) is 10.00. The van der Waals surface area contributed by atoms with Crippen molar-refractivity contribution in [3.63, 3.8) is 0 Å². The Morgan fingerprint density at radius 2 is 1.48 bits per heavy atom. The molecule has 0 saturated heterocycles. The van der Waals surface area contributed by atoms with E-state index in [0.717, 1.165) is 26.1 Å². The first-order chi connectivity index (χ1) is 13.2. The van der Waals surface area contributed by atoms with Gasteiger partial charge in [-0.2, -0.15) is 0 Å². The van der Waals surface area contributed by atoms with E-state index in [1.807, 2.05) is 0 Å². The minimum Gasteiger partial charge on any atom is -0.300 e. The third-order valence-electron chi connectivity index (χ3n) is 5.54. The molecule has 27 heavy (non-hydrogen) atoms. The largest absolute Gasteiger partial charge is 0.300 e. The van der Waals surface area contributed by atoms with Gasteiger partial charge in [0.15, 0.2) is 0 Å². The molecule has 0 fully saturated rings. The summed E-state index contributed by atoms with van der Waals surface area (Å²) in [4.78, 5) is 2.47. The summed E-state index contributed by atoms with van der Waals surface area (Å²) in [5, 5.41) is 0. The quantitative estimate of drug-likeness (QED) is 0.514. The normalized spacial score (nSPS) is 17.6. The van der Waals surface area contributed by atoms with Crippen LogP contribution in [0.15, 0.2) is 84.5 Å². The zero-order chi connectivity index (χ0) is 19.1. The number of nitrogens with zero attached hydrogens (tertiary/aromatic N) is 1. The Morgan fingerprint density at radius 3 is 2.00 bits per heavy atom. The Kier molecular flexibility index (Phi) is 6.84. The summed E-state index contributed by atoms with van der Waals surface area (Å²) >= 11 is 0. The fraction of sp³-hybridized carbons (Fsp3) is 0.308. The van der Waals surface area contributed by atoms with Crippen molar-refractivity contribution in [3.8, 4) is 0 Å². The summed E-state index contributed by atoms with van der Waals surface area (Å²) in [5.74, 6) is 0.424. The van der Waals surface area contributed by atoms with Gasteiger partial charge in [0, 0.05) is 12.5 Å². The molecule has 0 heterocycles. The molecule has 0 radical (unpaired) electrons. The van der Waals surface area contributed by atoms with Crippen molar-refractivity contribution >= 4 is 11.1 Å². The summed E-state index contributed by atoms with van der Waals surface area (Å²) < 4.78 is 0. The third kappa shape index (κ3) is 4.87. The van der Waals surface area contributed by atoms with Gasteiger partial charge in [0.1, 0.15) is 0 Å². The van der Waals surface area contributed by atoms with Crippen LogP contribution in [0, 0.1) is 5.92 Å². The highest BCUT2D eigenvalue weighted by Gasteiger charge is 2.19. The SMILES string of the molecule is CCN(CC)CC1=CCC(/C(=C(/C)c2ccccc2)c2ccccc2)C=C1. The van der Waals surface area contributed by atoms with Crippen LogP contribution in [0.5, 0.6) is 0 Å². The maximum atomic E-state index is 2.47. The van der Waals surface area contributed by atoms with Gasteiger partial charge in [0.05, 0.1) is 0 Å². The van der Waals surface area contributed by atoms with Crippen LogP contribution < -0.4 is 0 Å². The summed E-state index contributed by atoms with van der Waals surface area (Å²) in [5.41, 5.74) is 6.89. The smallest absolute Gasteiger partial charge is 0.0230 e. The first kappa shape index (κ1) is 19.4. The van der Waals surface area contributed by atoms with Gasteiger partial charge >= 0.3 is 0 Å². The maximum absolute atomic E-state index is 2.47. The molecule has 0 saturated carbocycles. The van der Waals surface area contributed by atoms with Crippen molar-refractivity contribution in [1.82, 2.24) is 4.90 Å². The molecule has 0 aliphatic heterocycles. The third-order valence-corrected chi connectivity index (χ3v) is 5.54. The van der Waals surface area contributed by atoms with E-state index in [0.29, 0.717) is 5.92 Å². The molecule has 2 aromatic rings. The topological polar surface area (TPSA) is 3.24 Å². The molecular formula is C26H31N. The van der Waals surface area contributed by atoms with Gasteiger partial charge in [-0.25, -0.2) is 0 Å². The Bertz CT molecular complexity index is 808. The molecule has 1 atom stereocenters. The molecular weight excluding hydrogens is 326 g/mol. The second kappa shape index (κ2) is 9.53. The monoisotopic (exact) mass is 357 g/mol. The molecule has 1 nitrogen and oxygen atoms in total. The molecule has 1 aliphatic carbocycles. The van der Waals surface area contributed by atoms with Crippen LogP contribution in [0.1, 0.15) is 38.3 Å². The van der Waals surface area contributed by atoms with Crippen LogP contribution in [0.3, 0.4) is 0 Å². The molecule has 2 aromatic carbocycles. The van der Waals surface area contributed by atoms with Gasteiger partial charge in [-0.3, -0.25) is 4.90 Å². The van der Waals surface area contributed by atoms with E-state index in [1.165, 1.54) is 27.8 Å². The van der Waals surface area contributed by atoms with E-state index >= 15 is 0 Å². The molecule has 0 N–H and O–H groups in total. The summed E-state index contributed by atoms with van der Waals surface area (Å²) in [6, 6.07) is 21.6. The fourth-order valence-electron chi connectivity index (χ4n) is 3.87. The van der Waals surface area contributed by atoms with Crippen molar-refractivity contribution in [2.45, 2.75) is 27.2 Å². The molecule has 0 spiro atoms. The highest BCUT2D eigenvalue weighted by atomic mass is 15.1. The number of likely N-dealkylation sites (N-methyl/N-ethyl adjacent to an activating group) is 1. The van der Waals surface area contributed by atoms with E-state index in [-0.39, 0.29) is 0 Å². The van der Waals surface area contributed by atoms with E-state index in [2.05, 4.69) is 105 Å². The molecule has 0 aromatic heterocycles. The number of benzene rings is 2. The predicted molar refractivity (Wildman–Crippen MR) is 118 cm³/mol. The number of hydrogen-bond donors (Lipinski definition) is 0. The zero-order valence-corrected chi connectivity index (χ0v) is 16.9. The van der Waals surface area contributed by atoms with Crippen LogP contribution in [-0.2, 0) is 0 Å². The van der Waals surface area contributed by atoms with Gasteiger partial charge in [-0.1, -0.05) is 92.7 Å². The minimum atomic E-state index is 0.424. The number of hydrogen-bond acceptors (Lipinski definition) is 1. The van der Waals surface area contributed by atoms with Crippen LogP contribution in [-0.4, -0.2) is 24.5 Å². The molecule has 1 aliphatic rings. The fourth-order valence-corrected chi connectivity index (χ4v) is 3.87. The van der Waals surface area contributed by atoms with Gasteiger partial charge in [0.25, 0.3) is 0 Å². The summed E-state index contributed by atoms with van der Waals surface area (Å²) in [7, 11) is 0. The van der Waals surface area contributed by atoms with E-state index in [4.69, 9.17) is 0 Å². The molecule has 140 valence electrons. The first-order valence-corrected chi connectivity index (χ1v) is 10.1. The Balaban J connectivity index is 1.90. The molecule has 1 unspecified atom stereocenters. The van der Waals surface area contributed by atoms with Gasteiger partial charge in [-0.15, -0.1) is 0 Å². The van der Waals surface area contributed by atoms with Crippen molar-refractivity contribution in [2.24, 2.45) is 5.92 Å². The van der Waals surface area contributed by atoms with Crippen LogP contribution in [0.25, 0.3) is 11.1 Å². The predicted octanol–water partition coefficient (Wildman–Crippen LogP) is 6.46. The van der Waals surface area contributed by atoms with Crippen molar-refractivity contribution < 1.29 is 0 Å². The second-order valence-corrected chi connectivity index (χ2v) is 7.21. The lowest BCUT2D eigenvalue weighted by Crippen LogP contribution is -2.25. The molecule has 0 amide bonds. The average molecular weight is 358 g/mol. The van der Waals surface area contributed by atoms with Gasteiger partial charge in [-0.05, 0) is 54.3 Å². The summed E-state index contributed by atoms with van der Waals surface area (Å²) in [6.07, 6.45) is 8.26.